The minimum absolute atomic E-state index is 0.121. The van der Waals surface area contributed by atoms with Crippen molar-refractivity contribution in [1.29, 1.82) is 0 Å². The maximum Gasteiger partial charge on any atom is 0.253 e. The van der Waals surface area contributed by atoms with E-state index in [1.54, 1.807) is 6.07 Å². The molecule has 0 aliphatic carbocycles. The molecule has 1 fully saturated rings. The minimum Gasteiger partial charge on any atom is -0.356 e. The van der Waals surface area contributed by atoms with E-state index in [1.165, 1.54) is 12.1 Å². The number of aromatic nitrogens is 1. The summed E-state index contributed by atoms with van der Waals surface area (Å²) in [6.45, 7) is 6.66. The number of benzene rings is 2. The summed E-state index contributed by atoms with van der Waals surface area (Å²) in [5, 5.41) is 5.16. The Balaban J connectivity index is 1.27. The highest BCUT2D eigenvalue weighted by atomic mass is 19.1. The Kier molecular flexibility index (Phi) is 6.97. The Morgan fingerprint density at radius 2 is 1.94 bits per heavy atom. The summed E-state index contributed by atoms with van der Waals surface area (Å²) >= 11 is 0. The lowest BCUT2D eigenvalue weighted by molar-refractivity contribution is 0.0745. The van der Waals surface area contributed by atoms with Crippen LogP contribution in [-0.2, 0) is 0 Å². The SMILES string of the molecule is CCCN(CCCN1CCC(c2noc3cc(F)ccc23)CC1)C(=O)c1ccccc1. The van der Waals surface area contributed by atoms with Crippen molar-refractivity contribution in [1.82, 2.24) is 15.0 Å². The molecule has 1 amide bonds. The van der Waals surface area contributed by atoms with Crippen molar-refractivity contribution in [2.24, 2.45) is 0 Å². The van der Waals surface area contributed by atoms with Crippen molar-refractivity contribution >= 4 is 16.9 Å². The van der Waals surface area contributed by atoms with Gasteiger partial charge in [-0.25, -0.2) is 4.39 Å². The zero-order chi connectivity index (χ0) is 21.6. The van der Waals surface area contributed by atoms with Crippen LogP contribution >= 0.6 is 0 Å². The number of fused-ring (bicyclic) bond motifs is 1. The first-order valence-electron chi connectivity index (χ1n) is 11.3. The number of halogens is 1. The fraction of sp³-hybridized carbons (Fsp3) is 0.440. The summed E-state index contributed by atoms with van der Waals surface area (Å²) < 4.78 is 18.7. The van der Waals surface area contributed by atoms with Crippen molar-refractivity contribution in [3.8, 4) is 0 Å². The molecule has 2 aromatic carbocycles. The van der Waals surface area contributed by atoms with Gasteiger partial charge in [-0.2, -0.15) is 0 Å². The standard InChI is InChI=1S/C25H30FN3O2/c1-2-13-29(25(30)20-7-4-3-5-8-20)15-6-14-28-16-11-19(12-17-28)24-22-10-9-21(26)18-23(22)31-27-24/h3-5,7-10,18-19H,2,6,11-17H2,1H3. The molecule has 1 aliphatic rings. The first-order chi connectivity index (χ1) is 15.2. The largest absolute Gasteiger partial charge is 0.356 e. The summed E-state index contributed by atoms with van der Waals surface area (Å²) in [6.07, 6.45) is 3.95. The van der Waals surface area contributed by atoms with E-state index < -0.39 is 0 Å². The van der Waals surface area contributed by atoms with E-state index in [4.69, 9.17) is 4.52 Å². The third-order valence-electron chi connectivity index (χ3n) is 6.14. The van der Waals surface area contributed by atoms with Crippen molar-refractivity contribution in [2.45, 2.75) is 38.5 Å². The van der Waals surface area contributed by atoms with Gasteiger partial charge in [0.25, 0.3) is 5.91 Å². The van der Waals surface area contributed by atoms with Crippen LogP contribution in [0.1, 0.15) is 54.6 Å². The minimum atomic E-state index is -0.298. The zero-order valence-electron chi connectivity index (χ0n) is 18.1. The molecule has 0 spiro atoms. The van der Waals surface area contributed by atoms with Crippen molar-refractivity contribution in [2.75, 3.05) is 32.7 Å². The molecule has 0 bridgehead atoms. The van der Waals surface area contributed by atoms with E-state index in [0.717, 1.165) is 75.1 Å². The monoisotopic (exact) mass is 423 g/mol. The normalized spacial score (nSPS) is 15.4. The lowest BCUT2D eigenvalue weighted by Crippen LogP contribution is -2.37. The first-order valence-corrected chi connectivity index (χ1v) is 11.3. The lowest BCUT2D eigenvalue weighted by Gasteiger charge is -2.32. The van der Waals surface area contributed by atoms with Gasteiger partial charge in [0.1, 0.15) is 5.82 Å². The van der Waals surface area contributed by atoms with Gasteiger partial charge in [0.05, 0.1) is 5.69 Å². The molecule has 0 atom stereocenters. The van der Waals surface area contributed by atoms with Gasteiger partial charge in [0.2, 0.25) is 0 Å². The van der Waals surface area contributed by atoms with Gasteiger partial charge in [-0.1, -0.05) is 30.3 Å². The molecule has 3 aromatic rings. The predicted molar refractivity (Wildman–Crippen MR) is 120 cm³/mol. The molecule has 164 valence electrons. The summed E-state index contributed by atoms with van der Waals surface area (Å²) in [5.74, 6) is 0.169. The summed E-state index contributed by atoms with van der Waals surface area (Å²) in [6, 6.07) is 14.2. The number of carbonyl (C=O) groups excluding carboxylic acids is 1. The van der Waals surface area contributed by atoms with Gasteiger partial charge in [0, 0.05) is 36.0 Å². The Labute approximate surface area is 182 Å². The molecule has 0 saturated carbocycles. The molecule has 1 aliphatic heterocycles. The molecule has 0 radical (unpaired) electrons. The predicted octanol–water partition coefficient (Wildman–Crippen LogP) is 5.09. The average Bonchev–Trinajstić information content (AvgIpc) is 3.22. The summed E-state index contributed by atoms with van der Waals surface area (Å²) in [7, 11) is 0. The number of rotatable bonds is 8. The second kappa shape index (κ2) is 10.1. The molecule has 1 saturated heterocycles. The van der Waals surface area contributed by atoms with E-state index in [9.17, 15) is 9.18 Å². The highest BCUT2D eigenvalue weighted by Gasteiger charge is 2.25. The second-order valence-electron chi connectivity index (χ2n) is 8.34. The zero-order valence-corrected chi connectivity index (χ0v) is 18.1. The van der Waals surface area contributed by atoms with Gasteiger partial charge < -0.3 is 14.3 Å². The molecule has 1 aromatic heterocycles. The van der Waals surface area contributed by atoms with Gasteiger partial charge in [-0.3, -0.25) is 4.79 Å². The Bertz CT molecular complexity index is 996. The van der Waals surface area contributed by atoms with Gasteiger partial charge in [0.15, 0.2) is 5.58 Å². The van der Waals surface area contributed by atoms with Gasteiger partial charge in [-0.15, -0.1) is 0 Å². The van der Waals surface area contributed by atoms with Crippen molar-refractivity contribution in [3.63, 3.8) is 0 Å². The van der Waals surface area contributed by atoms with E-state index in [1.807, 2.05) is 35.2 Å². The fourth-order valence-electron chi connectivity index (χ4n) is 4.49. The van der Waals surface area contributed by atoms with Crippen LogP contribution in [-0.4, -0.2) is 53.6 Å². The number of amides is 1. The van der Waals surface area contributed by atoms with E-state index in [2.05, 4.69) is 17.0 Å². The fourth-order valence-corrected chi connectivity index (χ4v) is 4.49. The quantitative estimate of drug-likeness (QED) is 0.506. The smallest absolute Gasteiger partial charge is 0.253 e. The van der Waals surface area contributed by atoms with E-state index >= 15 is 0 Å². The summed E-state index contributed by atoms with van der Waals surface area (Å²) in [5.41, 5.74) is 2.24. The molecular weight excluding hydrogens is 393 g/mol. The molecular formula is C25H30FN3O2. The van der Waals surface area contributed by atoms with Crippen LogP contribution in [0, 0.1) is 5.82 Å². The van der Waals surface area contributed by atoms with Crippen LogP contribution in [0.25, 0.3) is 11.0 Å². The molecule has 6 heteroatoms. The number of hydrogen-bond acceptors (Lipinski definition) is 4. The van der Waals surface area contributed by atoms with Crippen LogP contribution < -0.4 is 0 Å². The van der Waals surface area contributed by atoms with Gasteiger partial charge in [-0.05, 0) is 69.6 Å². The van der Waals surface area contributed by atoms with Crippen LogP contribution in [0.3, 0.4) is 0 Å². The highest BCUT2D eigenvalue weighted by Crippen LogP contribution is 2.32. The topological polar surface area (TPSA) is 49.6 Å². The number of hydrogen-bond donors (Lipinski definition) is 0. The maximum absolute atomic E-state index is 13.4. The molecule has 0 N–H and O–H groups in total. The first kappa shape index (κ1) is 21.5. The number of carbonyl (C=O) groups is 1. The van der Waals surface area contributed by atoms with E-state index in [-0.39, 0.29) is 11.7 Å². The average molecular weight is 424 g/mol. The van der Waals surface area contributed by atoms with Gasteiger partial charge >= 0.3 is 0 Å². The molecule has 4 rings (SSSR count). The highest BCUT2D eigenvalue weighted by molar-refractivity contribution is 5.94. The Morgan fingerprint density at radius 1 is 1.16 bits per heavy atom. The molecule has 31 heavy (non-hydrogen) atoms. The van der Waals surface area contributed by atoms with Crippen molar-refractivity contribution in [3.05, 3.63) is 65.6 Å². The second-order valence-corrected chi connectivity index (χ2v) is 8.34. The molecule has 2 heterocycles. The van der Waals surface area contributed by atoms with E-state index in [0.29, 0.717) is 11.5 Å². The maximum atomic E-state index is 13.4. The molecule has 0 unspecified atom stereocenters. The Morgan fingerprint density at radius 3 is 2.68 bits per heavy atom. The third-order valence-corrected chi connectivity index (χ3v) is 6.14. The summed E-state index contributed by atoms with van der Waals surface area (Å²) in [4.78, 5) is 17.2. The van der Waals surface area contributed by atoms with Crippen LogP contribution in [0.4, 0.5) is 4.39 Å². The third kappa shape index (κ3) is 5.13. The van der Waals surface area contributed by atoms with Crippen LogP contribution in [0.5, 0.6) is 0 Å². The number of nitrogens with zero attached hydrogens (tertiary/aromatic N) is 3. The Hall–Kier alpha value is -2.73. The lowest BCUT2D eigenvalue weighted by atomic mass is 9.91. The van der Waals surface area contributed by atoms with Crippen LogP contribution in [0.15, 0.2) is 53.1 Å². The van der Waals surface area contributed by atoms with Crippen molar-refractivity contribution < 1.29 is 13.7 Å². The molecule has 5 nitrogen and oxygen atoms in total. The number of piperidine rings is 1. The number of likely N-dealkylation sites (tertiary alicyclic amines) is 1. The van der Waals surface area contributed by atoms with Crippen LogP contribution in [0.2, 0.25) is 0 Å².